The van der Waals surface area contributed by atoms with Gasteiger partial charge in [0.15, 0.2) is 11.9 Å². The van der Waals surface area contributed by atoms with Gasteiger partial charge in [-0.15, -0.1) is 0 Å². The molecule has 2 N–H and O–H groups in total. The number of ketones is 1. The van der Waals surface area contributed by atoms with E-state index in [1.807, 2.05) is 13.8 Å². The highest BCUT2D eigenvalue weighted by atomic mass is 16.2. The van der Waals surface area contributed by atoms with Crippen molar-refractivity contribution in [1.82, 2.24) is 5.32 Å². The lowest BCUT2D eigenvalue weighted by Crippen LogP contribution is -2.25. The van der Waals surface area contributed by atoms with E-state index in [-0.39, 0.29) is 29.9 Å². The predicted octanol–water partition coefficient (Wildman–Crippen LogP) is 3.55. The second-order valence-electron chi connectivity index (χ2n) is 6.94. The number of amides is 2. The summed E-state index contributed by atoms with van der Waals surface area (Å²) in [4.78, 5) is 36.1. The lowest BCUT2D eigenvalue weighted by atomic mass is 10.00. The fourth-order valence-electron chi connectivity index (χ4n) is 2.63. The number of anilines is 1. The van der Waals surface area contributed by atoms with E-state index >= 15 is 0 Å². The molecule has 2 aromatic carbocycles. The van der Waals surface area contributed by atoms with Crippen LogP contribution >= 0.6 is 0 Å². The number of nitrogens with zero attached hydrogens (tertiary/aromatic N) is 1. The van der Waals surface area contributed by atoms with Crippen molar-refractivity contribution in [3.05, 3.63) is 65.2 Å². The summed E-state index contributed by atoms with van der Waals surface area (Å²) in [6, 6.07) is 15.2. The summed E-state index contributed by atoms with van der Waals surface area (Å²) in [6.45, 7) is 4.03. The van der Waals surface area contributed by atoms with Crippen LogP contribution in [0.25, 0.3) is 0 Å². The number of rotatable bonds is 8. The Morgan fingerprint density at radius 2 is 1.60 bits per heavy atom. The molecule has 0 aromatic heterocycles. The molecular formula is C24H23N3O3. The molecule has 0 saturated heterocycles. The molecule has 0 aliphatic carbocycles. The van der Waals surface area contributed by atoms with Crippen LogP contribution in [0.4, 0.5) is 5.69 Å². The zero-order valence-electron chi connectivity index (χ0n) is 17.0. The van der Waals surface area contributed by atoms with Crippen LogP contribution in [0.2, 0.25) is 0 Å². The maximum absolute atomic E-state index is 12.2. The molecule has 6 nitrogen and oxygen atoms in total. The van der Waals surface area contributed by atoms with E-state index < -0.39 is 0 Å². The highest BCUT2D eigenvalue weighted by molar-refractivity contribution is 5.99. The lowest BCUT2D eigenvalue weighted by Gasteiger charge is -2.08. The smallest absolute Gasteiger partial charge is 0.251 e. The van der Waals surface area contributed by atoms with Crippen LogP contribution in [0.3, 0.4) is 0 Å². The first kappa shape index (κ1) is 22.4. The van der Waals surface area contributed by atoms with Gasteiger partial charge in [-0.05, 0) is 42.8 Å². The Morgan fingerprint density at radius 3 is 2.20 bits per heavy atom. The molecule has 0 aliphatic heterocycles. The van der Waals surface area contributed by atoms with Gasteiger partial charge >= 0.3 is 0 Å². The minimum Gasteiger partial charge on any atom is -0.352 e. The average molecular weight is 401 g/mol. The second kappa shape index (κ2) is 11.2. The first-order chi connectivity index (χ1) is 14.4. The van der Waals surface area contributed by atoms with Crippen molar-refractivity contribution in [1.29, 1.82) is 5.26 Å². The van der Waals surface area contributed by atoms with Crippen LogP contribution < -0.4 is 10.6 Å². The van der Waals surface area contributed by atoms with Crippen molar-refractivity contribution in [3.63, 3.8) is 0 Å². The molecule has 0 saturated carbocycles. The van der Waals surface area contributed by atoms with Gasteiger partial charge in [0.2, 0.25) is 5.91 Å². The average Bonchev–Trinajstić information content (AvgIpc) is 2.75. The molecule has 0 bridgehead atoms. The minimum absolute atomic E-state index is 0.0395. The first-order valence-electron chi connectivity index (χ1n) is 9.63. The van der Waals surface area contributed by atoms with Gasteiger partial charge in [0, 0.05) is 47.2 Å². The van der Waals surface area contributed by atoms with Gasteiger partial charge in [-0.3, -0.25) is 14.4 Å². The van der Waals surface area contributed by atoms with Crippen molar-refractivity contribution in [2.45, 2.75) is 26.7 Å². The number of carbonyl (C=O) groups excluding carboxylic acids is 3. The Labute approximate surface area is 176 Å². The number of benzene rings is 2. The molecular weight excluding hydrogens is 378 g/mol. The predicted molar refractivity (Wildman–Crippen MR) is 115 cm³/mol. The van der Waals surface area contributed by atoms with Gasteiger partial charge in [-0.2, -0.15) is 5.26 Å². The standard InChI is InChI=1S/C24H23N3O3/c1-17(2)23(29)19-9-11-20(12-10-19)24(30)26-16-4-6-22(28)27-21-13-7-18(8-14-21)5-3-15-25/h7-14,17H,4,6,16H2,1-2H3,(H,26,30)(H,27,28). The van der Waals surface area contributed by atoms with Crippen LogP contribution in [0.1, 0.15) is 53.0 Å². The van der Waals surface area contributed by atoms with Crippen LogP contribution in [-0.4, -0.2) is 24.1 Å². The Bertz CT molecular complexity index is 1000. The highest BCUT2D eigenvalue weighted by Crippen LogP contribution is 2.11. The molecule has 0 unspecified atom stereocenters. The van der Waals surface area contributed by atoms with Crippen LogP contribution in [-0.2, 0) is 4.79 Å². The Kier molecular flexibility index (Phi) is 8.35. The van der Waals surface area contributed by atoms with Gasteiger partial charge < -0.3 is 10.6 Å². The van der Waals surface area contributed by atoms with E-state index in [0.717, 1.165) is 0 Å². The summed E-state index contributed by atoms with van der Waals surface area (Å²) < 4.78 is 0. The van der Waals surface area contributed by atoms with Gasteiger partial charge in [-0.25, -0.2) is 0 Å². The molecule has 2 aromatic rings. The van der Waals surface area contributed by atoms with Crippen LogP contribution in [0.5, 0.6) is 0 Å². The molecule has 152 valence electrons. The van der Waals surface area contributed by atoms with E-state index in [2.05, 4.69) is 22.5 Å². The molecule has 2 rings (SSSR count). The number of hydrogen-bond donors (Lipinski definition) is 2. The largest absolute Gasteiger partial charge is 0.352 e. The third kappa shape index (κ3) is 6.92. The zero-order valence-corrected chi connectivity index (χ0v) is 17.0. The summed E-state index contributed by atoms with van der Waals surface area (Å²) >= 11 is 0. The fraction of sp³-hybridized carbons (Fsp3) is 0.250. The summed E-state index contributed by atoms with van der Waals surface area (Å²) in [6.07, 6.45) is 0.755. The van der Waals surface area contributed by atoms with Crippen molar-refractivity contribution < 1.29 is 14.4 Å². The van der Waals surface area contributed by atoms with Gasteiger partial charge in [0.1, 0.15) is 0 Å². The molecule has 0 aliphatic rings. The van der Waals surface area contributed by atoms with E-state index in [9.17, 15) is 14.4 Å². The van der Waals surface area contributed by atoms with E-state index in [0.29, 0.717) is 35.3 Å². The third-order valence-electron chi connectivity index (χ3n) is 4.25. The summed E-state index contributed by atoms with van der Waals surface area (Å²) in [7, 11) is 0. The van der Waals surface area contributed by atoms with E-state index in [1.165, 1.54) is 0 Å². The number of carbonyl (C=O) groups is 3. The summed E-state index contributed by atoms with van der Waals surface area (Å²) in [5.41, 5.74) is 2.39. The lowest BCUT2D eigenvalue weighted by molar-refractivity contribution is -0.116. The number of nitrogens with one attached hydrogen (secondary N) is 2. The molecule has 30 heavy (non-hydrogen) atoms. The fourth-order valence-corrected chi connectivity index (χ4v) is 2.63. The Morgan fingerprint density at radius 1 is 0.967 bits per heavy atom. The normalized spacial score (nSPS) is 9.80. The van der Waals surface area contributed by atoms with Gasteiger partial charge in [-0.1, -0.05) is 31.9 Å². The molecule has 6 heteroatoms. The molecule has 0 atom stereocenters. The Balaban J connectivity index is 1.74. The SMILES string of the molecule is CC(C)C(=O)c1ccc(C(=O)NCCCC(=O)Nc2ccc(C#CC#N)cc2)cc1. The summed E-state index contributed by atoms with van der Waals surface area (Å²) in [5.74, 6) is 4.53. The first-order valence-corrected chi connectivity index (χ1v) is 9.63. The van der Waals surface area contributed by atoms with Crippen molar-refractivity contribution in [3.8, 4) is 17.9 Å². The van der Waals surface area contributed by atoms with Crippen LogP contribution in [0.15, 0.2) is 48.5 Å². The summed E-state index contributed by atoms with van der Waals surface area (Å²) in [5, 5.41) is 14.0. The Hall–Kier alpha value is -3.90. The monoisotopic (exact) mass is 401 g/mol. The maximum atomic E-state index is 12.2. The molecule has 2 amide bonds. The van der Waals surface area contributed by atoms with Crippen molar-refractivity contribution in [2.24, 2.45) is 5.92 Å². The van der Waals surface area contributed by atoms with E-state index in [4.69, 9.17) is 5.26 Å². The number of nitriles is 1. The molecule has 0 spiro atoms. The van der Waals surface area contributed by atoms with Crippen molar-refractivity contribution in [2.75, 3.05) is 11.9 Å². The topological polar surface area (TPSA) is 99.1 Å². The minimum atomic E-state index is -0.243. The number of hydrogen-bond acceptors (Lipinski definition) is 4. The molecule has 0 heterocycles. The quantitative estimate of drug-likeness (QED) is 0.401. The van der Waals surface area contributed by atoms with Gasteiger partial charge in [0.25, 0.3) is 5.91 Å². The number of Topliss-reactive ketones (excluding diaryl/α,β-unsaturated/α-hetero) is 1. The second-order valence-corrected chi connectivity index (χ2v) is 6.94. The zero-order chi connectivity index (χ0) is 21.9. The van der Waals surface area contributed by atoms with Crippen LogP contribution in [0, 0.1) is 29.1 Å². The third-order valence-corrected chi connectivity index (χ3v) is 4.25. The molecule has 0 radical (unpaired) electrons. The highest BCUT2D eigenvalue weighted by Gasteiger charge is 2.12. The van der Waals surface area contributed by atoms with Gasteiger partial charge in [0.05, 0.1) is 0 Å². The maximum Gasteiger partial charge on any atom is 0.251 e. The van der Waals surface area contributed by atoms with E-state index in [1.54, 1.807) is 54.6 Å². The van der Waals surface area contributed by atoms with Crippen molar-refractivity contribution >= 4 is 23.3 Å². The molecule has 0 fully saturated rings.